The molecule has 2 aromatic carbocycles. The van der Waals surface area contributed by atoms with E-state index in [-0.39, 0.29) is 0 Å². The standard InChI is InChI=1S/C24H26N2O3/c1-29-21-9-5-4-8-20(21)26-23(15-6-2-3-7-15)19-13-10-16-14-17(24(27)28)11-12-18(16)22(19)25-26/h4-5,8-9,11-12,14-15,19,23H,2-3,6-7,10,13H2,1H3,(H,27,28). The molecule has 2 atom stereocenters. The first-order chi connectivity index (χ1) is 14.2. The fraction of sp³-hybridized carbons (Fsp3) is 0.417. The highest BCUT2D eigenvalue weighted by atomic mass is 16.5. The van der Waals surface area contributed by atoms with Crippen molar-refractivity contribution in [2.75, 3.05) is 12.1 Å². The van der Waals surface area contributed by atoms with Crippen molar-refractivity contribution in [2.45, 2.75) is 44.6 Å². The van der Waals surface area contributed by atoms with Gasteiger partial charge in [-0.3, -0.25) is 5.01 Å². The van der Waals surface area contributed by atoms with E-state index >= 15 is 0 Å². The number of ether oxygens (including phenoxy) is 1. The minimum atomic E-state index is -0.872. The molecule has 0 radical (unpaired) electrons. The van der Waals surface area contributed by atoms with E-state index in [2.05, 4.69) is 11.1 Å². The van der Waals surface area contributed by atoms with E-state index in [4.69, 9.17) is 9.84 Å². The highest BCUT2D eigenvalue weighted by Crippen LogP contribution is 2.46. The van der Waals surface area contributed by atoms with Crippen LogP contribution in [0.25, 0.3) is 0 Å². The van der Waals surface area contributed by atoms with Crippen LogP contribution in [0.4, 0.5) is 5.69 Å². The third-order valence-electron chi connectivity index (χ3n) is 6.83. The average Bonchev–Trinajstić information content (AvgIpc) is 3.40. The maximum absolute atomic E-state index is 11.4. The van der Waals surface area contributed by atoms with Gasteiger partial charge in [0.25, 0.3) is 0 Å². The Balaban J connectivity index is 1.61. The lowest BCUT2D eigenvalue weighted by Crippen LogP contribution is -2.40. The van der Waals surface area contributed by atoms with Gasteiger partial charge < -0.3 is 9.84 Å². The summed E-state index contributed by atoms with van der Waals surface area (Å²) in [6.07, 6.45) is 7.01. The van der Waals surface area contributed by atoms with Crippen LogP contribution in [-0.4, -0.2) is 29.9 Å². The summed E-state index contributed by atoms with van der Waals surface area (Å²) in [5, 5.41) is 16.7. The number of fused-ring (bicyclic) bond motifs is 3. The Bertz CT molecular complexity index is 978. The molecule has 0 spiro atoms. The van der Waals surface area contributed by atoms with Gasteiger partial charge in [-0.2, -0.15) is 5.10 Å². The number of anilines is 1. The lowest BCUT2D eigenvalue weighted by Gasteiger charge is -2.34. The van der Waals surface area contributed by atoms with Gasteiger partial charge in [0.1, 0.15) is 11.4 Å². The molecule has 0 amide bonds. The third-order valence-corrected chi connectivity index (χ3v) is 6.83. The maximum Gasteiger partial charge on any atom is 0.335 e. The highest BCUT2D eigenvalue weighted by Gasteiger charge is 2.46. The number of aromatic carboxylic acids is 1. The molecule has 0 bridgehead atoms. The number of methoxy groups -OCH3 is 1. The number of hydrogen-bond donors (Lipinski definition) is 1. The summed E-state index contributed by atoms with van der Waals surface area (Å²) >= 11 is 0. The van der Waals surface area contributed by atoms with Crippen molar-refractivity contribution >= 4 is 17.4 Å². The van der Waals surface area contributed by atoms with Gasteiger partial charge in [-0.25, -0.2) is 4.79 Å². The summed E-state index contributed by atoms with van der Waals surface area (Å²) in [4.78, 5) is 11.4. The summed E-state index contributed by atoms with van der Waals surface area (Å²) in [5.41, 5.74) is 4.72. The minimum Gasteiger partial charge on any atom is -0.495 e. The van der Waals surface area contributed by atoms with Crippen molar-refractivity contribution in [3.63, 3.8) is 0 Å². The van der Waals surface area contributed by atoms with Crippen LogP contribution in [0, 0.1) is 11.8 Å². The van der Waals surface area contributed by atoms with Crippen LogP contribution in [0.1, 0.15) is 53.6 Å². The lowest BCUT2D eigenvalue weighted by molar-refractivity contribution is 0.0696. The Hall–Kier alpha value is -2.82. The van der Waals surface area contributed by atoms with Crippen LogP contribution in [0.3, 0.4) is 0 Å². The second-order valence-corrected chi connectivity index (χ2v) is 8.36. The largest absolute Gasteiger partial charge is 0.495 e. The Morgan fingerprint density at radius 1 is 1.14 bits per heavy atom. The molecule has 150 valence electrons. The van der Waals surface area contributed by atoms with E-state index in [1.54, 1.807) is 13.2 Å². The average molecular weight is 390 g/mol. The summed E-state index contributed by atoms with van der Waals surface area (Å²) in [6.45, 7) is 0. The predicted octanol–water partition coefficient (Wildman–Crippen LogP) is 4.74. The van der Waals surface area contributed by atoms with Gasteiger partial charge in [0.2, 0.25) is 0 Å². The molecule has 29 heavy (non-hydrogen) atoms. The van der Waals surface area contributed by atoms with Gasteiger partial charge in [0.05, 0.1) is 24.4 Å². The number of hydrogen-bond acceptors (Lipinski definition) is 4. The maximum atomic E-state index is 11.4. The summed E-state index contributed by atoms with van der Waals surface area (Å²) in [5.74, 6) is 0.986. The molecule has 2 unspecified atom stereocenters. The molecule has 3 aliphatic rings. The molecular weight excluding hydrogens is 364 g/mol. The number of carboxylic acid groups (broad SMARTS) is 1. The molecule has 1 saturated carbocycles. The highest BCUT2D eigenvalue weighted by molar-refractivity contribution is 6.07. The van der Waals surface area contributed by atoms with Crippen molar-refractivity contribution in [1.29, 1.82) is 0 Å². The van der Waals surface area contributed by atoms with Crippen LogP contribution < -0.4 is 9.75 Å². The Morgan fingerprint density at radius 3 is 2.69 bits per heavy atom. The molecule has 2 aliphatic carbocycles. The number of nitrogens with zero attached hydrogens (tertiary/aromatic N) is 2. The summed E-state index contributed by atoms with van der Waals surface area (Å²) in [6, 6.07) is 14.0. The zero-order valence-electron chi connectivity index (χ0n) is 16.7. The number of carbonyl (C=O) groups is 1. The molecule has 1 aliphatic heterocycles. The summed E-state index contributed by atoms with van der Waals surface area (Å²) < 4.78 is 5.66. The molecule has 0 saturated heterocycles. The van der Waals surface area contributed by atoms with E-state index in [1.807, 2.05) is 30.3 Å². The van der Waals surface area contributed by atoms with Crippen molar-refractivity contribution in [2.24, 2.45) is 16.9 Å². The second kappa shape index (κ2) is 7.21. The monoisotopic (exact) mass is 390 g/mol. The Kier molecular flexibility index (Phi) is 4.53. The number of carboxylic acids is 1. The zero-order chi connectivity index (χ0) is 20.0. The van der Waals surface area contributed by atoms with Crippen molar-refractivity contribution in [3.05, 3.63) is 59.2 Å². The van der Waals surface area contributed by atoms with Crippen LogP contribution in [-0.2, 0) is 6.42 Å². The van der Waals surface area contributed by atoms with E-state index in [0.717, 1.165) is 41.1 Å². The molecule has 5 rings (SSSR count). The Labute approximate surface area is 171 Å². The molecule has 1 heterocycles. The summed E-state index contributed by atoms with van der Waals surface area (Å²) in [7, 11) is 1.71. The number of hydrazone groups is 1. The minimum absolute atomic E-state index is 0.344. The predicted molar refractivity (Wildman–Crippen MR) is 113 cm³/mol. The SMILES string of the molecule is COc1ccccc1N1N=C2c3ccc(C(=O)O)cc3CCC2C1C1CCCC1. The molecule has 2 aromatic rings. The number of rotatable bonds is 4. The van der Waals surface area contributed by atoms with Crippen LogP contribution in [0.2, 0.25) is 0 Å². The van der Waals surface area contributed by atoms with Gasteiger partial charge in [0, 0.05) is 11.5 Å². The second-order valence-electron chi connectivity index (χ2n) is 8.36. The van der Waals surface area contributed by atoms with E-state index < -0.39 is 5.97 Å². The van der Waals surface area contributed by atoms with E-state index in [9.17, 15) is 9.90 Å². The molecule has 0 aromatic heterocycles. The fourth-order valence-electron chi connectivity index (χ4n) is 5.51. The van der Waals surface area contributed by atoms with Crippen LogP contribution in [0.15, 0.2) is 47.6 Å². The zero-order valence-corrected chi connectivity index (χ0v) is 16.7. The Morgan fingerprint density at radius 2 is 1.93 bits per heavy atom. The van der Waals surface area contributed by atoms with Gasteiger partial charge in [-0.05, 0) is 61.4 Å². The van der Waals surface area contributed by atoms with Crippen LogP contribution >= 0.6 is 0 Å². The first-order valence-corrected chi connectivity index (χ1v) is 10.5. The third kappa shape index (κ3) is 3.00. The topological polar surface area (TPSA) is 62.1 Å². The van der Waals surface area contributed by atoms with Gasteiger partial charge in [-0.15, -0.1) is 0 Å². The molecule has 5 nitrogen and oxygen atoms in total. The normalized spacial score (nSPS) is 23.5. The van der Waals surface area contributed by atoms with Crippen molar-refractivity contribution in [1.82, 2.24) is 0 Å². The van der Waals surface area contributed by atoms with E-state index in [1.165, 1.54) is 25.7 Å². The lowest BCUT2D eigenvalue weighted by atomic mass is 9.75. The van der Waals surface area contributed by atoms with Gasteiger partial charge in [-0.1, -0.05) is 31.0 Å². The molecule has 1 fully saturated rings. The molecule has 5 heteroatoms. The van der Waals surface area contributed by atoms with Crippen molar-refractivity contribution < 1.29 is 14.6 Å². The number of benzene rings is 2. The number of para-hydroxylation sites is 2. The first kappa shape index (κ1) is 18.2. The van der Waals surface area contributed by atoms with Gasteiger partial charge >= 0.3 is 5.97 Å². The molecular formula is C24H26N2O3. The van der Waals surface area contributed by atoms with E-state index in [0.29, 0.717) is 23.4 Å². The van der Waals surface area contributed by atoms with Gasteiger partial charge in [0.15, 0.2) is 0 Å². The first-order valence-electron chi connectivity index (χ1n) is 10.5. The van der Waals surface area contributed by atoms with Crippen molar-refractivity contribution in [3.8, 4) is 5.75 Å². The quantitative estimate of drug-likeness (QED) is 0.819. The molecule has 1 N–H and O–H groups in total. The number of aryl methyl sites for hydroxylation is 1. The van der Waals surface area contributed by atoms with Crippen LogP contribution in [0.5, 0.6) is 5.75 Å². The fourth-order valence-corrected chi connectivity index (χ4v) is 5.51. The smallest absolute Gasteiger partial charge is 0.335 e.